The number of sulfonamides is 1. The third kappa shape index (κ3) is 4.07. The van der Waals surface area contributed by atoms with Crippen LogP contribution >= 0.6 is 0 Å². The zero-order chi connectivity index (χ0) is 18.7. The Morgan fingerprint density at radius 3 is 2.42 bits per heavy atom. The molecule has 0 unspecified atom stereocenters. The van der Waals surface area contributed by atoms with Gasteiger partial charge in [-0.2, -0.15) is 5.10 Å². The second kappa shape index (κ2) is 7.49. The SMILES string of the molecule is Cc1n[nH]c(C)c1S(=O)(=O)Nc1ccc(CCC(=O)N2CCCC2)cc1. The smallest absolute Gasteiger partial charge is 0.265 e. The first kappa shape index (κ1) is 18.4. The van der Waals surface area contributed by atoms with Crippen LogP contribution in [0.3, 0.4) is 0 Å². The Labute approximate surface area is 153 Å². The molecule has 0 bridgehead atoms. The van der Waals surface area contributed by atoms with Gasteiger partial charge in [-0.15, -0.1) is 0 Å². The van der Waals surface area contributed by atoms with Crippen LogP contribution in [0.5, 0.6) is 0 Å². The summed E-state index contributed by atoms with van der Waals surface area (Å²) < 4.78 is 27.6. The van der Waals surface area contributed by atoms with Gasteiger partial charge in [0.15, 0.2) is 0 Å². The lowest BCUT2D eigenvalue weighted by molar-refractivity contribution is -0.130. The minimum Gasteiger partial charge on any atom is -0.343 e. The number of anilines is 1. The van der Waals surface area contributed by atoms with Crippen LogP contribution in [0.15, 0.2) is 29.2 Å². The number of aromatic nitrogens is 2. The first-order valence-corrected chi connectivity index (χ1v) is 10.3. The van der Waals surface area contributed by atoms with E-state index in [4.69, 9.17) is 0 Å². The van der Waals surface area contributed by atoms with E-state index < -0.39 is 10.0 Å². The molecule has 1 aliphatic heterocycles. The maximum atomic E-state index is 12.5. The minimum atomic E-state index is -3.69. The van der Waals surface area contributed by atoms with Crippen LogP contribution in [-0.4, -0.2) is 42.5 Å². The van der Waals surface area contributed by atoms with Gasteiger partial charge in [0.1, 0.15) is 4.90 Å². The zero-order valence-electron chi connectivity index (χ0n) is 15.1. The van der Waals surface area contributed by atoms with Crippen LogP contribution in [0.1, 0.15) is 36.2 Å². The number of likely N-dealkylation sites (tertiary alicyclic amines) is 1. The fourth-order valence-corrected chi connectivity index (χ4v) is 4.69. The summed E-state index contributed by atoms with van der Waals surface area (Å²) in [7, 11) is -3.69. The summed E-state index contributed by atoms with van der Waals surface area (Å²) in [6.07, 6.45) is 3.33. The van der Waals surface area contributed by atoms with Gasteiger partial charge in [0.2, 0.25) is 5.91 Å². The highest BCUT2D eigenvalue weighted by Gasteiger charge is 2.22. The largest absolute Gasteiger partial charge is 0.343 e. The highest BCUT2D eigenvalue weighted by molar-refractivity contribution is 7.92. The van der Waals surface area contributed by atoms with Crippen molar-refractivity contribution in [2.75, 3.05) is 17.8 Å². The van der Waals surface area contributed by atoms with Crippen molar-refractivity contribution in [3.05, 3.63) is 41.2 Å². The molecule has 0 saturated carbocycles. The predicted octanol–water partition coefficient (Wildman–Crippen LogP) is 2.38. The van der Waals surface area contributed by atoms with Crippen LogP contribution < -0.4 is 4.72 Å². The molecule has 8 heteroatoms. The number of carbonyl (C=O) groups is 1. The Hall–Kier alpha value is -2.35. The van der Waals surface area contributed by atoms with E-state index in [0.29, 0.717) is 29.9 Å². The van der Waals surface area contributed by atoms with E-state index in [-0.39, 0.29) is 10.8 Å². The van der Waals surface area contributed by atoms with Crippen molar-refractivity contribution in [2.45, 2.75) is 44.4 Å². The number of aromatic amines is 1. The molecule has 26 heavy (non-hydrogen) atoms. The Morgan fingerprint density at radius 2 is 1.85 bits per heavy atom. The molecule has 0 spiro atoms. The van der Waals surface area contributed by atoms with Gasteiger partial charge in [-0.3, -0.25) is 14.6 Å². The molecule has 1 aromatic carbocycles. The van der Waals surface area contributed by atoms with E-state index in [0.717, 1.165) is 31.5 Å². The highest BCUT2D eigenvalue weighted by Crippen LogP contribution is 2.21. The number of nitrogens with zero attached hydrogens (tertiary/aromatic N) is 2. The monoisotopic (exact) mass is 376 g/mol. The number of benzene rings is 1. The summed E-state index contributed by atoms with van der Waals surface area (Å²) in [5.41, 5.74) is 2.44. The summed E-state index contributed by atoms with van der Waals surface area (Å²) in [6.45, 7) is 5.06. The molecular weight excluding hydrogens is 352 g/mol. The van der Waals surface area contributed by atoms with Crippen LogP contribution in [0.4, 0.5) is 5.69 Å². The van der Waals surface area contributed by atoms with Gasteiger partial charge in [0, 0.05) is 25.2 Å². The van der Waals surface area contributed by atoms with E-state index in [2.05, 4.69) is 14.9 Å². The second-order valence-corrected chi connectivity index (χ2v) is 8.27. The fraction of sp³-hybridized carbons (Fsp3) is 0.444. The molecule has 1 saturated heterocycles. The number of hydrogen-bond donors (Lipinski definition) is 2. The van der Waals surface area contributed by atoms with Crippen molar-refractivity contribution in [1.29, 1.82) is 0 Å². The van der Waals surface area contributed by atoms with Gasteiger partial charge in [-0.25, -0.2) is 8.42 Å². The molecule has 3 rings (SSSR count). The lowest BCUT2D eigenvalue weighted by Crippen LogP contribution is -2.27. The lowest BCUT2D eigenvalue weighted by Gasteiger charge is -2.15. The average Bonchev–Trinajstić information content (AvgIpc) is 3.24. The molecular formula is C18H24N4O3S. The first-order valence-electron chi connectivity index (χ1n) is 8.78. The van der Waals surface area contributed by atoms with Gasteiger partial charge in [0.05, 0.1) is 11.4 Å². The number of hydrogen-bond acceptors (Lipinski definition) is 4. The quantitative estimate of drug-likeness (QED) is 0.809. The van der Waals surface area contributed by atoms with E-state index in [9.17, 15) is 13.2 Å². The van der Waals surface area contributed by atoms with Crippen molar-refractivity contribution >= 4 is 21.6 Å². The number of H-pyrrole nitrogens is 1. The fourth-order valence-electron chi connectivity index (χ4n) is 3.26. The van der Waals surface area contributed by atoms with Gasteiger partial charge >= 0.3 is 0 Å². The molecule has 1 amide bonds. The summed E-state index contributed by atoms with van der Waals surface area (Å²) in [5, 5.41) is 6.61. The third-order valence-electron chi connectivity index (χ3n) is 4.62. The maximum absolute atomic E-state index is 12.5. The van der Waals surface area contributed by atoms with Crippen LogP contribution in [-0.2, 0) is 21.2 Å². The first-order chi connectivity index (χ1) is 12.4. The molecule has 1 fully saturated rings. The molecule has 140 valence electrons. The molecule has 1 aromatic heterocycles. The second-order valence-electron chi connectivity index (χ2n) is 6.65. The van der Waals surface area contributed by atoms with Crippen molar-refractivity contribution in [2.24, 2.45) is 0 Å². The zero-order valence-corrected chi connectivity index (χ0v) is 15.9. The number of rotatable bonds is 6. The normalized spacial score (nSPS) is 14.6. The van der Waals surface area contributed by atoms with Gasteiger partial charge in [-0.05, 0) is 50.8 Å². The van der Waals surface area contributed by atoms with E-state index in [1.807, 2.05) is 17.0 Å². The van der Waals surface area contributed by atoms with Gasteiger partial charge in [-0.1, -0.05) is 12.1 Å². The summed E-state index contributed by atoms with van der Waals surface area (Å²) in [6, 6.07) is 7.14. The Bertz CT molecular complexity index is 862. The van der Waals surface area contributed by atoms with Gasteiger partial charge < -0.3 is 4.90 Å². The lowest BCUT2D eigenvalue weighted by atomic mass is 10.1. The predicted molar refractivity (Wildman–Crippen MR) is 99.4 cm³/mol. The van der Waals surface area contributed by atoms with E-state index in [1.54, 1.807) is 26.0 Å². The molecule has 2 heterocycles. The molecule has 0 aliphatic carbocycles. The van der Waals surface area contributed by atoms with Crippen LogP contribution in [0, 0.1) is 13.8 Å². The minimum absolute atomic E-state index is 0.179. The molecule has 2 aromatic rings. The average molecular weight is 376 g/mol. The Balaban J connectivity index is 1.61. The maximum Gasteiger partial charge on any atom is 0.265 e. The summed E-state index contributed by atoms with van der Waals surface area (Å²) in [4.78, 5) is 14.2. The number of nitrogens with one attached hydrogen (secondary N) is 2. The van der Waals surface area contributed by atoms with Crippen LogP contribution in [0.2, 0.25) is 0 Å². The molecule has 1 aliphatic rings. The molecule has 0 atom stereocenters. The number of aryl methyl sites for hydroxylation is 3. The third-order valence-corrected chi connectivity index (χ3v) is 6.27. The van der Waals surface area contributed by atoms with E-state index in [1.165, 1.54) is 0 Å². The Morgan fingerprint density at radius 1 is 1.19 bits per heavy atom. The van der Waals surface area contributed by atoms with Crippen molar-refractivity contribution in [3.63, 3.8) is 0 Å². The van der Waals surface area contributed by atoms with E-state index >= 15 is 0 Å². The topological polar surface area (TPSA) is 95.2 Å². The molecule has 0 radical (unpaired) electrons. The molecule has 2 N–H and O–H groups in total. The van der Waals surface area contributed by atoms with Crippen molar-refractivity contribution < 1.29 is 13.2 Å². The van der Waals surface area contributed by atoms with Gasteiger partial charge in [0.25, 0.3) is 10.0 Å². The van der Waals surface area contributed by atoms with Crippen molar-refractivity contribution in [1.82, 2.24) is 15.1 Å². The van der Waals surface area contributed by atoms with Crippen LogP contribution in [0.25, 0.3) is 0 Å². The Kier molecular flexibility index (Phi) is 5.31. The standard InChI is InChI=1S/C18H24N4O3S/c1-13-18(14(2)20-19-13)26(24,25)21-16-8-5-15(6-9-16)7-10-17(23)22-11-3-4-12-22/h5-6,8-9,21H,3-4,7,10-12H2,1-2H3,(H,19,20). The van der Waals surface area contributed by atoms with Crippen molar-refractivity contribution in [3.8, 4) is 0 Å². The summed E-state index contributed by atoms with van der Waals surface area (Å²) >= 11 is 0. The number of amides is 1. The molecule has 7 nitrogen and oxygen atoms in total. The summed E-state index contributed by atoms with van der Waals surface area (Å²) in [5.74, 6) is 0.193. The highest BCUT2D eigenvalue weighted by atomic mass is 32.2. The number of carbonyl (C=O) groups excluding carboxylic acids is 1.